The summed E-state index contributed by atoms with van der Waals surface area (Å²) >= 11 is 0. The summed E-state index contributed by atoms with van der Waals surface area (Å²) in [7, 11) is 0. The Bertz CT molecular complexity index is 988. The molecule has 0 radical (unpaired) electrons. The number of carbonyl (C=O) groups is 2. The zero-order chi connectivity index (χ0) is 32.2. The minimum absolute atomic E-state index is 0.0183. The van der Waals surface area contributed by atoms with Gasteiger partial charge in [-0.2, -0.15) is 0 Å². The van der Waals surface area contributed by atoms with Crippen molar-refractivity contribution in [2.24, 2.45) is 28.4 Å². The van der Waals surface area contributed by atoms with E-state index in [-0.39, 0.29) is 41.3 Å². The monoisotopic (exact) mass is 585 g/mol. The molecule has 240 valence electrons. The summed E-state index contributed by atoms with van der Waals surface area (Å²) < 4.78 is 0. The SMILES string of the molecule is C=C(C)C1CCCN1C(=C)C(NC(=O)C(NC(=C)C1CCCN1C(=O)C(N)C(C)CCC(C)C)C(C)(C)C)C(C)(C)C. The van der Waals surface area contributed by atoms with E-state index in [1.54, 1.807) is 0 Å². The molecule has 0 bridgehead atoms. The molecule has 7 heteroatoms. The first-order valence-corrected chi connectivity index (χ1v) is 16.2. The fourth-order valence-electron chi connectivity index (χ4n) is 6.37. The Labute approximate surface area is 257 Å². The minimum atomic E-state index is -0.547. The Morgan fingerprint density at radius 3 is 1.86 bits per heavy atom. The lowest BCUT2D eigenvalue weighted by molar-refractivity contribution is -0.134. The van der Waals surface area contributed by atoms with E-state index in [4.69, 9.17) is 5.73 Å². The predicted octanol–water partition coefficient (Wildman–Crippen LogP) is 5.98. The Balaban J connectivity index is 2.21. The Morgan fingerprint density at radius 2 is 1.36 bits per heavy atom. The third-order valence-corrected chi connectivity index (χ3v) is 9.17. The fourth-order valence-corrected chi connectivity index (χ4v) is 6.37. The highest BCUT2D eigenvalue weighted by molar-refractivity contribution is 5.84. The van der Waals surface area contributed by atoms with Crippen LogP contribution in [0.3, 0.4) is 0 Å². The first kappa shape index (κ1) is 35.9. The van der Waals surface area contributed by atoms with E-state index >= 15 is 0 Å². The van der Waals surface area contributed by atoms with Crippen LogP contribution in [0.5, 0.6) is 0 Å². The average Bonchev–Trinajstić information content (AvgIpc) is 3.56. The molecule has 2 aliphatic heterocycles. The van der Waals surface area contributed by atoms with Crippen LogP contribution in [0.1, 0.15) is 108 Å². The second-order valence-corrected chi connectivity index (χ2v) is 15.6. The Kier molecular flexibility index (Phi) is 12.4. The van der Waals surface area contributed by atoms with Crippen molar-refractivity contribution < 1.29 is 9.59 Å². The summed E-state index contributed by atoms with van der Waals surface area (Å²) in [6, 6.07) is -1.27. The third-order valence-electron chi connectivity index (χ3n) is 9.17. The normalized spacial score (nSPS) is 22.5. The second-order valence-electron chi connectivity index (χ2n) is 15.6. The third kappa shape index (κ3) is 9.11. The van der Waals surface area contributed by atoms with E-state index in [1.807, 2.05) is 4.90 Å². The summed E-state index contributed by atoms with van der Waals surface area (Å²) in [5.41, 5.74) is 8.60. The zero-order valence-corrected chi connectivity index (χ0v) is 28.6. The van der Waals surface area contributed by atoms with Crippen LogP contribution < -0.4 is 16.4 Å². The van der Waals surface area contributed by atoms with Crippen molar-refractivity contribution >= 4 is 11.8 Å². The largest absolute Gasteiger partial charge is 0.375 e. The van der Waals surface area contributed by atoms with Crippen LogP contribution in [0.4, 0.5) is 0 Å². The molecule has 2 amide bonds. The van der Waals surface area contributed by atoms with E-state index in [1.165, 1.54) is 0 Å². The average molecular weight is 586 g/mol. The van der Waals surface area contributed by atoms with E-state index in [0.29, 0.717) is 18.2 Å². The fraction of sp³-hybridized carbons (Fsp3) is 0.771. The number of nitrogens with zero attached hydrogens (tertiary/aromatic N) is 2. The number of hydrogen-bond acceptors (Lipinski definition) is 5. The van der Waals surface area contributed by atoms with Crippen molar-refractivity contribution in [1.29, 1.82) is 0 Å². The number of nitrogens with one attached hydrogen (secondary N) is 2. The van der Waals surface area contributed by atoms with Gasteiger partial charge >= 0.3 is 0 Å². The molecular formula is C35H63N5O2. The van der Waals surface area contributed by atoms with Gasteiger partial charge in [0.2, 0.25) is 11.8 Å². The van der Waals surface area contributed by atoms with Gasteiger partial charge in [-0.3, -0.25) is 9.59 Å². The number of amides is 2. The molecule has 2 aliphatic rings. The highest BCUT2D eigenvalue weighted by Gasteiger charge is 2.41. The van der Waals surface area contributed by atoms with Crippen molar-refractivity contribution in [1.82, 2.24) is 20.4 Å². The smallest absolute Gasteiger partial charge is 0.243 e. The molecule has 2 fully saturated rings. The molecule has 2 heterocycles. The van der Waals surface area contributed by atoms with E-state index in [2.05, 4.69) is 105 Å². The maximum absolute atomic E-state index is 14.1. The molecule has 0 saturated carbocycles. The van der Waals surface area contributed by atoms with E-state index in [0.717, 1.165) is 56.3 Å². The maximum atomic E-state index is 14.1. The van der Waals surface area contributed by atoms with Crippen molar-refractivity contribution in [2.75, 3.05) is 13.1 Å². The van der Waals surface area contributed by atoms with Gasteiger partial charge in [0.15, 0.2) is 0 Å². The quantitative estimate of drug-likeness (QED) is 0.231. The molecule has 0 aromatic carbocycles. The molecule has 2 rings (SSSR count). The first-order chi connectivity index (χ1) is 19.3. The van der Waals surface area contributed by atoms with Gasteiger partial charge in [0, 0.05) is 30.5 Å². The summed E-state index contributed by atoms with van der Waals surface area (Å²) in [6.45, 7) is 35.8. The van der Waals surface area contributed by atoms with Gasteiger partial charge in [-0.05, 0) is 61.7 Å². The van der Waals surface area contributed by atoms with Crippen molar-refractivity contribution in [3.05, 3.63) is 36.7 Å². The lowest BCUT2D eigenvalue weighted by atomic mass is 9.82. The topological polar surface area (TPSA) is 90.7 Å². The molecular weight excluding hydrogens is 522 g/mol. The molecule has 42 heavy (non-hydrogen) atoms. The molecule has 0 aliphatic carbocycles. The molecule has 0 aromatic heterocycles. The number of hydrogen-bond donors (Lipinski definition) is 3. The van der Waals surface area contributed by atoms with Crippen LogP contribution >= 0.6 is 0 Å². The second kappa shape index (κ2) is 14.5. The van der Waals surface area contributed by atoms with Gasteiger partial charge < -0.3 is 26.2 Å². The Morgan fingerprint density at radius 1 is 0.833 bits per heavy atom. The highest BCUT2D eigenvalue weighted by atomic mass is 16.2. The predicted molar refractivity (Wildman–Crippen MR) is 177 cm³/mol. The molecule has 6 unspecified atom stereocenters. The highest BCUT2D eigenvalue weighted by Crippen LogP contribution is 2.34. The van der Waals surface area contributed by atoms with Crippen LogP contribution in [-0.4, -0.2) is 64.9 Å². The van der Waals surface area contributed by atoms with E-state index in [9.17, 15) is 9.59 Å². The van der Waals surface area contributed by atoms with Crippen LogP contribution in [0.15, 0.2) is 36.7 Å². The van der Waals surface area contributed by atoms with Crippen molar-refractivity contribution in [2.45, 2.75) is 138 Å². The number of rotatable bonds is 13. The van der Waals surface area contributed by atoms with Gasteiger partial charge in [0.1, 0.15) is 6.04 Å². The molecule has 6 atom stereocenters. The van der Waals surface area contributed by atoms with Crippen molar-refractivity contribution in [3.63, 3.8) is 0 Å². The lowest BCUT2D eigenvalue weighted by Gasteiger charge is -2.42. The lowest BCUT2D eigenvalue weighted by Crippen LogP contribution is -2.59. The van der Waals surface area contributed by atoms with Gasteiger partial charge in [-0.15, -0.1) is 0 Å². The molecule has 0 aromatic rings. The van der Waals surface area contributed by atoms with Crippen LogP contribution in [0.2, 0.25) is 0 Å². The minimum Gasteiger partial charge on any atom is -0.375 e. The number of carbonyl (C=O) groups excluding carboxylic acids is 2. The molecule has 7 nitrogen and oxygen atoms in total. The molecule has 0 spiro atoms. The maximum Gasteiger partial charge on any atom is 0.243 e. The van der Waals surface area contributed by atoms with Crippen LogP contribution in [0, 0.1) is 22.7 Å². The molecule has 2 saturated heterocycles. The summed E-state index contributed by atoms with van der Waals surface area (Å²) in [5.74, 6) is 0.579. The Hall–Kier alpha value is -2.28. The summed E-state index contributed by atoms with van der Waals surface area (Å²) in [4.78, 5) is 31.8. The summed E-state index contributed by atoms with van der Waals surface area (Å²) in [5, 5.41) is 6.86. The number of likely N-dealkylation sites (tertiary alicyclic amines) is 2. The van der Waals surface area contributed by atoms with Gasteiger partial charge in [-0.25, -0.2) is 0 Å². The standard InChI is InChI=1S/C35H63N5O2/c1-22(2)18-19-24(5)29(36)33(42)40-21-15-17-28(40)25(6)37-31(35(11,12)13)32(41)38-30(34(8,9)10)26(7)39-20-14-16-27(39)23(3)4/h22,24,27-31,37H,3,6-7,14-21,36H2,1-2,4-5,8-13H3,(H,38,41). The van der Waals surface area contributed by atoms with Gasteiger partial charge in [0.25, 0.3) is 0 Å². The van der Waals surface area contributed by atoms with Crippen LogP contribution in [0.25, 0.3) is 0 Å². The first-order valence-electron chi connectivity index (χ1n) is 16.2. The zero-order valence-electron chi connectivity index (χ0n) is 28.6. The van der Waals surface area contributed by atoms with Crippen molar-refractivity contribution in [3.8, 4) is 0 Å². The molecule has 4 N–H and O–H groups in total. The van der Waals surface area contributed by atoms with Gasteiger partial charge in [-0.1, -0.05) is 94.0 Å². The summed E-state index contributed by atoms with van der Waals surface area (Å²) in [6.07, 6.45) is 5.82. The number of nitrogens with two attached hydrogens (primary N) is 1. The van der Waals surface area contributed by atoms with E-state index < -0.39 is 17.5 Å². The van der Waals surface area contributed by atoms with Gasteiger partial charge in [0.05, 0.1) is 18.1 Å². The van der Waals surface area contributed by atoms with Crippen LogP contribution in [-0.2, 0) is 9.59 Å².